The minimum absolute atomic E-state index is 0.713. The molecule has 0 saturated carbocycles. The van der Waals surface area contributed by atoms with E-state index in [-0.39, 0.29) is 0 Å². The van der Waals surface area contributed by atoms with Gasteiger partial charge >= 0.3 is 148 Å². The van der Waals surface area contributed by atoms with E-state index in [9.17, 15) is 20.4 Å². The molecule has 4 nitrogen and oxygen atoms in total. The maximum absolute atomic E-state index is 11.1. The van der Waals surface area contributed by atoms with Crippen molar-refractivity contribution < 1.29 is 20.4 Å². The van der Waals surface area contributed by atoms with Gasteiger partial charge in [0.1, 0.15) is 0 Å². The Hall–Kier alpha value is -0.590. The summed E-state index contributed by atoms with van der Waals surface area (Å²) in [5.41, 5.74) is 0.719. The summed E-state index contributed by atoms with van der Waals surface area (Å²) in [5, 5.41) is 41.4. The minimum atomic E-state index is -3.32. The molecule has 0 aromatic heterocycles. The van der Waals surface area contributed by atoms with Crippen molar-refractivity contribution in [2.24, 2.45) is 0 Å². The van der Waals surface area contributed by atoms with E-state index in [0.717, 1.165) is 10.9 Å². The molecule has 0 aliphatic carbocycles. The summed E-state index contributed by atoms with van der Waals surface area (Å²) in [6, 6.07) is 18.4. The van der Waals surface area contributed by atoms with Gasteiger partial charge in [0.05, 0.1) is 0 Å². The van der Waals surface area contributed by atoms with Gasteiger partial charge in [-0.1, -0.05) is 0 Å². The first-order valence-corrected chi connectivity index (χ1v) is 13.5. The molecule has 2 aliphatic rings. The second kappa shape index (κ2) is 5.71. The third-order valence-corrected chi connectivity index (χ3v) is 21.3. The quantitative estimate of drug-likeness (QED) is 0.362. The van der Waals surface area contributed by atoms with E-state index >= 15 is 0 Å². The van der Waals surface area contributed by atoms with Crippen molar-refractivity contribution in [1.82, 2.24) is 0 Å². The van der Waals surface area contributed by atoms with Crippen LogP contribution < -0.4 is 5.30 Å². The van der Waals surface area contributed by atoms with E-state index < -0.39 is 34.8 Å². The Kier molecular flexibility index (Phi) is 4.01. The van der Waals surface area contributed by atoms with Crippen LogP contribution in [0.1, 0.15) is 11.5 Å². The first-order chi connectivity index (χ1) is 11.5. The molecule has 128 valence electrons. The number of rotatable bonds is 2. The molecule has 0 bridgehead atoms. The van der Waals surface area contributed by atoms with Gasteiger partial charge in [0.2, 0.25) is 0 Å². The summed E-state index contributed by atoms with van der Waals surface area (Å²) in [6.07, 6.45) is -2.27. The number of aliphatic hydroxyl groups is 4. The van der Waals surface area contributed by atoms with Crippen LogP contribution >= 0.6 is 25.8 Å². The van der Waals surface area contributed by atoms with Crippen molar-refractivity contribution >= 4 is 31.1 Å². The van der Waals surface area contributed by atoms with Gasteiger partial charge < -0.3 is 0 Å². The van der Waals surface area contributed by atoms with E-state index in [2.05, 4.69) is 0 Å². The van der Waals surface area contributed by atoms with Crippen LogP contribution in [0.2, 0.25) is 0 Å². The van der Waals surface area contributed by atoms with E-state index in [0.29, 0.717) is 0 Å². The third kappa shape index (κ3) is 2.02. The van der Waals surface area contributed by atoms with E-state index in [1.54, 1.807) is 12.1 Å². The molecule has 4 N–H and O–H groups in total. The molecule has 2 aromatic rings. The molecule has 4 rings (SSSR count). The van der Waals surface area contributed by atoms with Gasteiger partial charge in [-0.3, -0.25) is 0 Å². The Morgan fingerprint density at radius 3 is 1.58 bits per heavy atom. The molecule has 2 saturated heterocycles. The summed E-state index contributed by atoms with van der Waals surface area (Å²) in [4.78, 5) is 0. The number of benzene rings is 2. The van der Waals surface area contributed by atoms with Crippen LogP contribution in [0.4, 0.5) is 0 Å². The van der Waals surface area contributed by atoms with Gasteiger partial charge in [-0.15, -0.1) is 0 Å². The van der Waals surface area contributed by atoms with Gasteiger partial charge in [-0.2, -0.15) is 0 Å². The van der Waals surface area contributed by atoms with Crippen molar-refractivity contribution in [3.05, 3.63) is 66.2 Å². The van der Waals surface area contributed by atoms with Crippen molar-refractivity contribution in [1.29, 1.82) is 0 Å². The van der Waals surface area contributed by atoms with Crippen LogP contribution in [0.5, 0.6) is 0 Å². The van der Waals surface area contributed by atoms with Crippen molar-refractivity contribution in [3.63, 3.8) is 0 Å². The monoisotopic (exact) mass is 382 g/mol. The zero-order valence-electron chi connectivity index (χ0n) is 12.7. The van der Waals surface area contributed by atoms with E-state index in [1.807, 2.05) is 48.5 Å². The predicted molar refractivity (Wildman–Crippen MR) is 101 cm³/mol. The molecule has 7 heteroatoms. The summed E-state index contributed by atoms with van der Waals surface area (Å²) in [7, 11) is 2.88. The second-order valence-electron chi connectivity index (χ2n) is 6.32. The van der Waals surface area contributed by atoms with Crippen LogP contribution in [-0.4, -0.2) is 44.3 Å². The molecule has 4 unspecified atom stereocenters. The molecular weight excluding hydrogens is 363 g/mol. The number of hydrogen-bond donors (Lipinski definition) is 4. The molecular formula is C17H19O4PS2. The third-order valence-electron chi connectivity index (χ3n) is 5.12. The van der Waals surface area contributed by atoms with Crippen LogP contribution in [0.3, 0.4) is 0 Å². The number of hydrogen-bond acceptors (Lipinski definition) is 6. The molecule has 24 heavy (non-hydrogen) atoms. The summed E-state index contributed by atoms with van der Waals surface area (Å²) >= 11 is 0. The van der Waals surface area contributed by atoms with Crippen LogP contribution in [0.25, 0.3) is 0 Å². The Labute approximate surface area is 147 Å². The molecule has 4 atom stereocenters. The van der Waals surface area contributed by atoms with Gasteiger partial charge in [-0.25, -0.2) is 0 Å². The zero-order chi connectivity index (χ0) is 17.0. The predicted octanol–water partition coefficient (Wildman–Crippen LogP) is 2.25. The zero-order valence-corrected chi connectivity index (χ0v) is 15.2. The molecule has 2 fully saturated rings. The Balaban J connectivity index is 1.82. The van der Waals surface area contributed by atoms with Gasteiger partial charge in [0.25, 0.3) is 0 Å². The van der Waals surface area contributed by atoms with Crippen LogP contribution in [-0.2, 0) is 0 Å². The van der Waals surface area contributed by atoms with Crippen molar-refractivity contribution in [2.45, 2.75) is 29.8 Å². The Morgan fingerprint density at radius 1 is 0.667 bits per heavy atom. The van der Waals surface area contributed by atoms with Gasteiger partial charge in [-0.05, 0) is 0 Å². The summed E-state index contributed by atoms with van der Waals surface area (Å²) < 4.78 is 0. The SMILES string of the molecule is OC1C(c2ccccc2)C(O)C(O)P2(c3ccccc3)(SS2)C1O. The normalized spacial score (nSPS) is 38.2. The Morgan fingerprint density at radius 2 is 1.12 bits per heavy atom. The van der Waals surface area contributed by atoms with Crippen LogP contribution in [0.15, 0.2) is 60.7 Å². The maximum atomic E-state index is 11.1. The summed E-state index contributed by atoms with van der Waals surface area (Å²) in [5.74, 6) is -2.89. The summed E-state index contributed by atoms with van der Waals surface area (Å²) in [6.45, 7) is 0. The van der Waals surface area contributed by atoms with Gasteiger partial charge in [0.15, 0.2) is 0 Å². The van der Waals surface area contributed by atoms with Gasteiger partial charge in [0, 0.05) is 0 Å². The molecule has 2 heterocycles. The average Bonchev–Trinajstić information content (AvgIpc) is 3.40. The van der Waals surface area contributed by atoms with E-state index in [4.69, 9.17) is 0 Å². The standard InChI is InChI=1S/C17H19O4PS2/c18-14-13(11-7-3-1-4-8-11)15(19)17(21)22(16(14)20,23-24-22)12-9-5-2-6-10-12/h1-10,13-21H. The average molecular weight is 382 g/mol. The van der Waals surface area contributed by atoms with Crippen molar-refractivity contribution in [2.75, 3.05) is 0 Å². The first kappa shape index (κ1) is 16.9. The molecule has 0 amide bonds. The number of aliphatic hydroxyl groups excluding tert-OH is 4. The second-order valence-corrected chi connectivity index (χ2v) is 19.4. The first-order valence-electron chi connectivity index (χ1n) is 7.75. The fraction of sp³-hybridized carbons (Fsp3) is 0.294. The molecule has 2 aliphatic heterocycles. The molecule has 0 radical (unpaired) electrons. The van der Waals surface area contributed by atoms with Crippen LogP contribution in [0, 0.1) is 0 Å². The fourth-order valence-electron chi connectivity index (χ4n) is 3.72. The molecule has 2 aromatic carbocycles. The van der Waals surface area contributed by atoms with Crippen molar-refractivity contribution in [3.8, 4) is 0 Å². The topological polar surface area (TPSA) is 80.9 Å². The molecule has 1 spiro atoms. The fourth-order valence-corrected chi connectivity index (χ4v) is 20.4. The Bertz CT molecular complexity index is 721. The van der Waals surface area contributed by atoms with E-state index in [1.165, 1.54) is 20.8 Å².